The van der Waals surface area contributed by atoms with Crippen LogP contribution in [0, 0.1) is 11.7 Å². The summed E-state index contributed by atoms with van der Waals surface area (Å²) in [7, 11) is 0. The standard InChI is InChI=1S/C20H22FN3O2/c21-16-8-10-18(11-9-16)22-19(25)14-24-12-4-5-15(13-24)20(26)23-17-6-2-1-3-7-17/h1-3,6-11,15H,4-5,12-14H2,(H,22,25)(H,23,26)/t15-/m0/s1. The lowest BCUT2D eigenvalue weighted by Gasteiger charge is -2.31. The minimum Gasteiger partial charge on any atom is -0.326 e. The minimum absolute atomic E-state index is 0.0140. The molecule has 6 heteroatoms. The SMILES string of the molecule is O=C(CN1CCC[C@H](C(=O)Nc2ccccc2)C1)Nc1ccc(F)cc1. The number of rotatable bonds is 5. The van der Waals surface area contributed by atoms with Gasteiger partial charge in [-0.25, -0.2) is 4.39 Å². The van der Waals surface area contributed by atoms with Gasteiger partial charge in [0.2, 0.25) is 11.8 Å². The van der Waals surface area contributed by atoms with Gasteiger partial charge in [-0.15, -0.1) is 0 Å². The number of carbonyl (C=O) groups excluding carboxylic acids is 2. The molecule has 0 unspecified atom stereocenters. The van der Waals surface area contributed by atoms with Crippen molar-refractivity contribution in [3.05, 3.63) is 60.4 Å². The Kier molecular flexibility index (Phi) is 5.96. The van der Waals surface area contributed by atoms with Gasteiger partial charge in [0.25, 0.3) is 0 Å². The average molecular weight is 355 g/mol. The van der Waals surface area contributed by atoms with Gasteiger partial charge in [0.1, 0.15) is 5.82 Å². The number of nitrogens with zero attached hydrogens (tertiary/aromatic N) is 1. The lowest BCUT2D eigenvalue weighted by molar-refractivity contribution is -0.123. The van der Waals surface area contributed by atoms with Crippen LogP contribution in [0.25, 0.3) is 0 Å². The number of anilines is 2. The van der Waals surface area contributed by atoms with Gasteiger partial charge in [0, 0.05) is 17.9 Å². The maximum absolute atomic E-state index is 12.9. The molecule has 0 aromatic heterocycles. The van der Waals surface area contributed by atoms with Crippen molar-refractivity contribution in [3.8, 4) is 0 Å². The largest absolute Gasteiger partial charge is 0.326 e. The van der Waals surface area contributed by atoms with E-state index in [1.807, 2.05) is 35.2 Å². The van der Waals surface area contributed by atoms with Crippen molar-refractivity contribution in [2.75, 3.05) is 30.3 Å². The van der Waals surface area contributed by atoms with E-state index in [1.165, 1.54) is 24.3 Å². The first-order valence-electron chi connectivity index (χ1n) is 8.74. The lowest BCUT2D eigenvalue weighted by atomic mass is 9.97. The van der Waals surface area contributed by atoms with Crippen LogP contribution in [0.2, 0.25) is 0 Å². The van der Waals surface area contributed by atoms with Crippen LogP contribution < -0.4 is 10.6 Å². The number of carbonyl (C=O) groups is 2. The molecule has 3 rings (SSSR count). The molecule has 2 amide bonds. The fourth-order valence-corrected chi connectivity index (χ4v) is 3.12. The van der Waals surface area contributed by atoms with E-state index in [0.29, 0.717) is 12.2 Å². The topological polar surface area (TPSA) is 61.4 Å². The highest BCUT2D eigenvalue weighted by molar-refractivity contribution is 5.93. The number of hydrogen-bond donors (Lipinski definition) is 2. The third-order valence-electron chi connectivity index (χ3n) is 4.41. The molecule has 136 valence electrons. The fourth-order valence-electron chi connectivity index (χ4n) is 3.12. The predicted octanol–water partition coefficient (Wildman–Crippen LogP) is 3.11. The summed E-state index contributed by atoms with van der Waals surface area (Å²) in [6.07, 6.45) is 1.69. The third-order valence-corrected chi connectivity index (χ3v) is 4.41. The van der Waals surface area contributed by atoms with Crippen LogP contribution in [-0.4, -0.2) is 36.3 Å². The predicted molar refractivity (Wildman–Crippen MR) is 99.3 cm³/mol. The molecule has 1 aliphatic heterocycles. The van der Waals surface area contributed by atoms with Crippen molar-refractivity contribution in [1.29, 1.82) is 0 Å². The second-order valence-corrected chi connectivity index (χ2v) is 6.48. The second kappa shape index (κ2) is 8.58. The van der Waals surface area contributed by atoms with Crippen LogP contribution in [0.3, 0.4) is 0 Å². The van der Waals surface area contributed by atoms with Crippen molar-refractivity contribution >= 4 is 23.2 Å². The van der Waals surface area contributed by atoms with Crippen molar-refractivity contribution in [2.24, 2.45) is 5.92 Å². The van der Waals surface area contributed by atoms with Gasteiger partial charge < -0.3 is 10.6 Å². The van der Waals surface area contributed by atoms with Gasteiger partial charge in [-0.3, -0.25) is 14.5 Å². The van der Waals surface area contributed by atoms with Gasteiger partial charge >= 0.3 is 0 Å². The second-order valence-electron chi connectivity index (χ2n) is 6.48. The maximum Gasteiger partial charge on any atom is 0.238 e. The van der Waals surface area contributed by atoms with Gasteiger partial charge in [0.05, 0.1) is 12.5 Å². The summed E-state index contributed by atoms with van der Waals surface area (Å²) >= 11 is 0. The summed E-state index contributed by atoms with van der Waals surface area (Å²) in [6.45, 7) is 1.55. The van der Waals surface area contributed by atoms with Crippen LogP contribution in [0.4, 0.5) is 15.8 Å². The fraction of sp³-hybridized carbons (Fsp3) is 0.300. The Morgan fingerprint density at radius 1 is 1.00 bits per heavy atom. The molecule has 1 heterocycles. The highest BCUT2D eigenvalue weighted by atomic mass is 19.1. The van der Waals surface area contributed by atoms with E-state index in [1.54, 1.807) is 0 Å². The molecule has 2 aromatic carbocycles. The zero-order chi connectivity index (χ0) is 18.4. The Labute approximate surface area is 152 Å². The number of nitrogens with one attached hydrogen (secondary N) is 2. The van der Waals surface area contributed by atoms with E-state index in [4.69, 9.17) is 0 Å². The highest BCUT2D eigenvalue weighted by Gasteiger charge is 2.26. The molecule has 1 saturated heterocycles. The molecule has 0 radical (unpaired) electrons. The molecule has 2 aromatic rings. The maximum atomic E-state index is 12.9. The van der Waals surface area contributed by atoms with E-state index in [2.05, 4.69) is 10.6 Å². The molecule has 1 atom stereocenters. The number of piperidine rings is 1. The molecule has 1 aliphatic rings. The Morgan fingerprint density at radius 2 is 1.69 bits per heavy atom. The monoisotopic (exact) mass is 355 g/mol. The number of likely N-dealkylation sites (tertiary alicyclic amines) is 1. The van der Waals surface area contributed by atoms with Crippen molar-refractivity contribution in [2.45, 2.75) is 12.8 Å². The molecule has 5 nitrogen and oxygen atoms in total. The first kappa shape index (κ1) is 18.1. The molecule has 0 saturated carbocycles. The van der Waals surface area contributed by atoms with E-state index >= 15 is 0 Å². The zero-order valence-corrected chi connectivity index (χ0v) is 14.5. The summed E-state index contributed by atoms with van der Waals surface area (Å²) in [5.74, 6) is -0.658. The minimum atomic E-state index is -0.341. The van der Waals surface area contributed by atoms with E-state index < -0.39 is 0 Å². The number of hydrogen-bond acceptors (Lipinski definition) is 3. The average Bonchev–Trinajstić information content (AvgIpc) is 2.64. The van der Waals surface area contributed by atoms with Crippen LogP contribution in [-0.2, 0) is 9.59 Å². The van der Waals surface area contributed by atoms with Crippen molar-refractivity contribution < 1.29 is 14.0 Å². The van der Waals surface area contributed by atoms with Gasteiger partial charge in [-0.1, -0.05) is 18.2 Å². The molecular weight excluding hydrogens is 333 g/mol. The van der Waals surface area contributed by atoms with E-state index in [9.17, 15) is 14.0 Å². The van der Waals surface area contributed by atoms with Crippen LogP contribution in [0.1, 0.15) is 12.8 Å². The van der Waals surface area contributed by atoms with Crippen LogP contribution in [0.5, 0.6) is 0 Å². The van der Waals surface area contributed by atoms with Crippen LogP contribution in [0.15, 0.2) is 54.6 Å². The van der Waals surface area contributed by atoms with E-state index in [-0.39, 0.29) is 30.1 Å². The summed E-state index contributed by atoms with van der Waals surface area (Å²) in [5.41, 5.74) is 1.34. The number of halogens is 1. The summed E-state index contributed by atoms with van der Waals surface area (Å²) in [6, 6.07) is 15.0. The Balaban J connectivity index is 1.50. The summed E-state index contributed by atoms with van der Waals surface area (Å²) in [5, 5.41) is 5.68. The van der Waals surface area contributed by atoms with Gasteiger partial charge in [-0.2, -0.15) is 0 Å². The molecule has 0 bridgehead atoms. The van der Waals surface area contributed by atoms with E-state index in [0.717, 1.165) is 25.1 Å². The molecule has 1 fully saturated rings. The van der Waals surface area contributed by atoms with Crippen LogP contribution >= 0.6 is 0 Å². The molecule has 2 N–H and O–H groups in total. The Bertz CT molecular complexity index is 749. The molecule has 0 spiro atoms. The molecule has 0 aliphatic carbocycles. The third kappa shape index (κ3) is 5.13. The normalized spacial score (nSPS) is 17.5. The smallest absolute Gasteiger partial charge is 0.238 e. The molecular formula is C20H22FN3O2. The molecule has 26 heavy (non-hydrogen) atoms. The Morgan fingerprint density at radius 3 is 2.42 bits per heavy atom. The van der Waals surface area contributed by atoms with Crippen molar-refractivity contribution in [1.82, 2.24) is 4.90 Å². The zero-order valence-electron chi connectivity index (χ0n) is 14.5. The number of amides is 2. The van der Waals surface area contributed by atoms with Crippen molar-refractivity contribution in [3.63, 3.8) is 0 Å². The van der Waals surface area contributed by atoms with Gasteiger partial charge in [-0.05, 0) is 55.8 Å². The summed E-state index contributed by atoms with van der Waals surface area (Å²) < 4.78 is 12.9. The Hall–Kier alpha value is -2.73. The quantitative estimate of drug-likeness (QED) is 0.866. The first-order chi connectivity index (χ1) is 12.6. The lowest BCUT2D eigenvalue weighted by Crippen LogP contribution is -2.43. The highest BCUT2D eigenvalue weighted by Crippen LogP contribution is 2.19. The first-order valence-corrected chi connectivity index (χ1v) is 8.74. The number of para-hydroxylation sites is 1. The summed E-state index contributed by atoms with van der Waals surface area (Å²) in [4.78, 5) is 26.6. The van der Waals surface area contributed by atoms with Gasteiger partial charge in [0.15, 0.2) is 0 Å². The number of benzene rings is 2.